The lowest BCUT2D eigenvalue weighted by Gasteiger charge is -2.27. The van der Waals surface area contributed by atoms with E-state index in [1.54, 1.807) is 6.07 Å². The molecule has 0 aromatic heterocycles. The summed E-state index contributed by atoms with van der Waals surface area (Å²) in [6.45, 7) is 4.02. The highest BCUT2D eigenvalue weighted by atomic mass is 79.9. The molecule has 2 amide bonds. The normalized spacial score (nSPS) is 16.0. The van der Waals surface area contributed by atoms with Gasteiger partial charge in [-0.05, 0) is 55.3 Å². The van der Waals surface area contributed by atoms with E-state index in [9.17, 15) is 9.59 Å². The Morgan fingerprint density at radius 1 is 1.17 bits per heavy atom. The van der Waals surface area contributed by atoms with Gasteiger partial charge >= 0.3 is 0 Å². The third-order valence-corrected chi connectivity index (χ3v) is 4.53. The molecule has 0 spiro atoms. The van der Waals surface area contributed by atoms with Crippen LogP contribution in [0, 0.1) is 13.8 Å². The summed E-state index contributed by atoms with van der Waals surface area (Å²) >= 11 is 3.36. The van der Waals surface area contributed by atoms with Crippen LogP contribution in [0.3, 0.4) is 0 Å². The first-order valence-electron chi connectivity index (χ1n) is 7.66. The summed E-state index contributed by atoms with van der Waals surface area (Å²) in [6, 6.07) is 10.7. The highest BCUT2D eigenvalue weighted by Gasteiger charge is 2.27. The van der Waals surface area contributed by atoms with E-state index in [1.165, 1.54) is 0 Å². The third kappa shape index (κ3) is 3.59. The van der Waals surface area contributed by atoms with Crippen molar-refractivity contribution >= 4 is 44.8 Å². The molecule has 1 unspecified atom stereocenters. The number of anilines is 3. The maximum absolute atomic E-state index is 12.2. The third-order valence-electron chi connectivity index (χ3n) is 4.04. The lowest BCUT2D eigenvalue weighted by molar-refractivity contribution is -0.122. The molecule has 24 heavy (non-hydrogen) atoms. The molecule has 1 aliphatic rings. The molecule has 3 rings (SSSR count). The Morgan fingerprint density at radius 2 is 1.88 bits per heavy atom. The first-order valence-corrected chi connectivity index (χ1v) is 8.46. The molecule has 1 aliphatic heterocycles. The Hall–Kier alpha value is -2.34. The van der Waals surface area contributed by atoms with Crippen LogP contribution < -0.4 is 16.0 Å². The highest BCUT2D eigenvalue weighted by Crippen LogP contribution is 2.30. The van der Waals surface area contributed by atoms with Crippen LogP contribution in [0.15, 0.2) is 40.9 Å². The van der Waals surface area contributed by atoms with Gasteiger partial charge in [-0.1, -0.05) is 22.0 Å². The number of fused-ring (bicyclic) bond motifs is 1. The van der Waals surface area contributed by atoms with Gasteiger partial charge in [0.25, 0.3) is 0 Å². The summed E-state index contributed by atoms with van der Waals surface area (Å²) < 4.78 is 0.883. The molecule has 6 heteroatoms. The Balaban J connectivity index is 1.70. The molecule has 1 atom stereocenters. The van der Waals surface area contributed by atoms with E-state index < -0.39 is 6.04 Å². The molecule has 124 valence electrons. The fraction of sp³-hybridized carbons (Fsp3) is 0.222. The lowest BCUT2D eigenvalue weighted by Crippen LogP contribution is -2.41. The van der Waals surface area contributed by atoms with Crippen molar-refractivity contribution in [3.63, 3.8) is 0 Å². The Morgan fingerprint density at radius 3 is 2.58 bits per heavy atom. The second kappa shape index (κ2) is 6.65. The van der Waals surface area contributed by atoms with Gasteiger partial charge in [0.05, 0.1) is 17.8 Å². The average Bonchev–Trinajstić information content (AvgIpc) is 2.50. The molecule has 5 nitrogen and oxygen atoms in total. The molecule has 0 aliphatic carbocycles. The van der Waals surface area contributed by atoms with Crippen LogP contribution >= 0.6 is 15.9 Å². The van der Waals surface area contributed by atoms with Gasteiger partial charge in [0.1, 0.15) is 6.04 Å². The summed E-state index contributed by atoms with van der Waals surface area (Å²) in [4.78, 5) is 24.5. The van der Waals surface area contributed by atoms with Crippen LogP contribution in [0.25, 0.3) is 0 Å². The second-order valence-corrected chi connectivity index (χ2v) is 6.85. The zero-order valence-corrected chi connectivity index (χ0v) is 15.0. The number of hydrogen-bond donors (Lipinski definition) is 3. The topological polar surface area (TPSA) is 70.2 Å². The van der Waals surface area contributed by atoms with Crippen molar-refractivity contribution in [2.45, 2.75) is 26.3 Å². The number of aryl methyl sites for hydroxylation is 2. The predicted octanol–water partition coefficient (Wildman–Crippen LogP) is 3.83. The van der Waals surface area contributed by atoms with E-state index in [0.717, 1.165) is 27.0 Å². The van der Waals surface area contributed by atoms with E-state index in [1.807, 2.05) is 44.2 Å². The molecular weight excluding hydrogens is 370 g/mol. The van der Waals surface area contributed by atoms with E-state index >= 15 is 0 Å². The van der Waals surface area contributed by atoms with Crippen molar-refractivity contribution in [1.82, 2.24) is 0 Å². The second-order valence-electron chi connectivity index (χ2n) is 5.93. The van der Waals surface area contributed by atoms with Gasteiger partial charge in [0.15, 0.2) is 0 Å². The van der Waals surface area contributed by atoms with E-state index in [4.69, 9.17) is 0 Å². The van der Waals surface area contributed by atoms with Crippen LogP contribution in [-0.4, -0.2) is 17.9 Å². The SMILES string of the molecule is Cc1cc2c(cc1C)NC(CC(=O)Nc1cccc(Br)c1)C(=O)N2. The number of carbonyl (C=O) groups excluding carboxylic acids is 2. The fourth-order valence-electron chi connectivity index (χ4n) is 2.62. The molecule has 0 bridgehead atoms. The van der Waals surface area contributed by atoms with Crippen LogP contribution in [-0.2, 0) is 9.59 Å². The number of carbonyl (C=O) groups is 2. The fourth-order valence-corrected chi connectivity index (χ4v) is 3.02. The van der Waals surface area contributed by atoms with Crippen molar-refractivity contribution in [3.8, 4) is 0 Å². The number of benzene rings is 2. The zero-order valence-electron chi connectivity index (χ0n) is 13.4. The van der Waals surface area contributed by atoms with E-state index in [0.29, 0.717) is 5.69 Å². The minimum absolute atomic E-state index is 0.0602. The van der Waals surface area contributed by atoms with Gasteiger partial charge in [0.2, 0.25) is 11.8 Å². The molecule has 0 saturated carbocycles. The first kappa shape index (κ1) is 16.5. The molecule has 0 radical (unpaired) electrons. The van der Waals surface area contributed by atoms with Crippen LogP contribution in [0.2, 0.25) is 0 Å². The van der Waals surface area contributed by atoms with Crippen LogP contribution in [0.1, 0.15) is 17.5 Å². The summed E-state index contributed by atoms with van der Waals surface area (Å²) in [7, 11) is 0. The summed E-state index contributed by atoms with van der Waals surface area (Å²) in [5.74, 6) is -0.414. The zero-order chi connectivity index (χ0) is 17.3. The van der Waals surface area contributed by atoms with Crippen molar-refractivity contribution in [3.05, 3.63) is 52.0 Å². The Labute approximate surface area is 149 Å². The number of halogens is 1. The monoisotopic (exact) mass is 387 g/mol. The number of nitrogens with one attached hydrogen (secondary N) is 3. The number of rotatable bonds is 3. The largest absolute Gasteiger partial charge is 0.372 e. The van der Waals surface area contributed by atoms with E-state index in [-0.39, 0.29) is 18.2 Å². The van der Waals surface area contributed by atoms with Gasteiger partial charge in [-0.2, -0.15) is 0 Å². The van der Waals surface area contributed by atoms with Gasteiger partial charge < -0.3 is 16.0 Å². The van der Waals surface area contributed by atoms with E-state index in [2.05, 4.69) is 31.9 Å². The number of hydrogen-bond acceptors (Lipinski definition) is 3. The Bertz CT molecular complexity index is 820. The number of amides is 2. The summed E-state index contributed by atoms with van der Waals surface area (Å²) in [6.07, 6.45) is 0.0602. The van der Waals surface area contributed by atoms with Crippen molar-refractivity contribution in [2.75, 3.05) is 16.0 Å². The Kier molecular flexibility index (Phi) is 4.57. The van der Waals surface area contributed by atoms with Gasteiger partial charge in [-0.3, -0.25) is 9.59 Å². The van der Waals surface area contributed by atoms with Gasteiger partial charge in [-0.15, -0.1) is 0 Å². The van der Waals surface area contributed by atoms with Crippen LogP contribution in [0.5, 0.6) is 0 Å². The summed E-state index contributed by atoms with van der Waals surface area (Å²) in [5, 5.41) is 8.83. The molecule has 3 N–H and O–H groups in total. The van der Waals surface area contributed by atoms with Gasteiger partial charge in [0, 0.05) is 10.2 Å². The van der Waals surface area contributed by atoms with Crippen LogP contribution in [0.4, 0.5) is 17.1 Å². The molecule has 2 aromatic carbocycles. The molecule has 0 saturated heterocycles. The van der Waals surface area contributed by atoms with Gasteiger partial charge in [-0.25, -0.2) is 0 Å². The molecule has 1 heterocycles. The lowest BCUT2D eigenvalue weighted by atomic mass is 10.0. The smallest absolute Gasteiger partial charge is 0.247 e. The van der Waals surface area contributed by atoms with Crippen molar-refractivity contribution < 1.29 is 9.59 Å². The van der Waals surface area contributed by atoms with Crippen molar-refractivity contribution in [2.24, 2.45) is 0 Å². The van der Waals surface area contributed by atoms with Crippen molar-refractivity contribution in [1.29, 1.82) is 0 Å². The minimum Gasteiger partial charge on any atom is -0.372 e. The quantitative estimate of drug-likeness (QED) is 0.749. The maximum Gasteiger partial charge on any atom is 0.247 e. The maximum atomic E-state index is 12.2. The molecule has 2 aromatic rings. The molecule has 0 fully saturated rings. The standard InChI is InChI=1S/C18H18BrN3O2/c1-10-6-14-15(7-11(10)2)22-18(24)16(21-14)9-17(23)20-13-5-3-4-12(19)8-13/h3-8,16,21H,9H2,1-2H3,(H,20,23)(H,22,24). The average molecular weight is 388 g/mol. The first-order chi connectivity index (χ1) is 11.4. The highest BCUT2D eigenvalue weighted by molar-refractivity contribution is 9.10. The predicted molar refractivity (Wildman–Crippen MR) is 99.3 cm³/mol. The minimum atomic E-state index is -0.591. The molecular formula is C18H18BrN3O2. The summed E-state index contributed by atoms with van der Waals surface area (Å²) in [5.41, 5.74) is 4.54.